The molecule has 10 heteroatoms. The maximum Gasteiger partial charge on any atom is 0.255 e. The first-order valence-corrected chi connectivity index (χ1v) is 13.8. The van der Waals surface area contributed by atoms with Gasteiger partial charge in [-0.05, 0) is 49.2 Å². The maximum absolute atomic E-state index is 13.3. The number of pyridine rings is 1. The Labute approximate surface area is 226 Å². The second kappa shape index (κ2) is 10.3. The SMILES string of the molecule is N#Cc1cc(NS(O)(O)c2cccc3cccnc23)ccc1C(=O)N1CCC(O)(c2ccccc2Cl)CC1. The molecule has 1 amide bonds. The fourth-order valence-electron chi connectivity index (χ4n) is 4.77. The van der Waals surface area contributed by atoms with Gasteiger partial charge in [-0.3, -0.25) is 23.6 Å². The van der Waals surface area contributed by atoms with Crippen LogP contribution in [0.3, 0.4) is 0 Å². The highest BCUT2D eigenvalue weighted by Gasteiger charge is 2.37. The van der Waals surface area contributed by atoms with Gasteiger partial charge in [0.15, 0.2) is 0 Å². The quantitative estimate of drug-likeness (QED) is 0.240. The summed E-state index contributed by atoms with van der Waals surface area (Å²) in [7, 11) is -3.52. The summed E-state index contributed by atoms with van der Waals surface area (Å²) in [6.45, 7) is 0.583. The summed E-state index contributed by atoms with van der Waals surface area (Å²) in [5.74, 6) is -0.334. The minimum absolute atomic E-state index is 0.0955. The van der Waals surface area contributed by atoms with Crippen LogP contribution < -0.4 is 4.72 Å². The fourth-order valence-corrected chi connectivity index (χ4v) is 6.36. The van der Waals surface area contributed by atoms with E-state index in [4.69, 9.17) is 11.6 Å². The number of piperidine rings is 1. The number of nitrogens with one attached hydrogen (secondary N) is 1. The molecule has 1 saturated heterocycles. The molecule has 1 aromatic heterocycles. The van der Waals surface area contributed by atoms with E-state index in [9.17, 15) is 24.3 Å². The molecule has 0 bridgehead atoms. The third-order valence-corrected chi connectivity index (χ3v) is 8.58. The van der Waals surface area contributed by atoms with Gasteiger partial charge in [0, 0.05) is 35.3 Å². The Hall–Kier alpha value is -3.65. The maximum atomic E-state index is 13.3. The lowest BCUT2D eigenvalue weighted by atomic mass is 9.84. The van der Waals surface area contributed by atoms with Crippen LogP contribution >= 0.6 is 22.4 Å². The number of nitriles is 1. The molecular weight excluding hydrogens is 524 g/mol. The lowest BCUT2D eigenvalue weighted by Crippen LogP contribution is -2.45. The van der Waals surface area contributed by atoms with E-state index >= 15 is 0 Å². The Bertz CT molecular complexity index is 1560. The summed E-state index contributed by atoms with van der Waals surface area (Å²) in [4.78, 5) is 19.4. The van der Waals surface area contributed by atoms with Gasteiger partial charge in [0.2, 0.25) is 0 Å². The number of fused-ring (bicyclic) bond motifs is 1. The van der Waals surface area contributed by atoms with E-state index in [2.05, 4.69) is 9.71 Å². The first-order chi connectivity index (χ1) is 18.2. The van der Waals surface area contributed by atoms with Crippen LogP contribution in [0.1, 0.15) is 34.3 Å². The van der Waals surface area contributed by atoms with Crippen molar-refractivity contribution in [2.75, 3.05) is 17.8 Å². The van der Waals surface area contributed by atoms with Crippen molar-refractivity contribution in [3.63, 3.8) is 0 Å². The van der Waals surface area contributed by atoms with Gasteiger partial charge in [0.25, 0.3) is 5.91 Å². The first-order valence-electron chi connectivity index (χ1n) is 11.9. The van der Waals surface area contributed by atoms with Crippen LogP contribution in [-0.4, -0.2) is 43.1 Å². The number of aromatic nitrogens is 1. The number of amides is 1. The molecule has 5 rings (SSSR count). The second-order valence-corrected chi connectivity index (χ2v) is 11.3. The number of likely N-dealkylation sites (tertiary alicyclic amines) is 1. The Morgan fingerprint density at radius 1 is 1.05 bits per heavy atom. The average Bonchev–Trinajstić information content (AvgIpc) is 2.92. The van der Waals surface area contributed by atoms with Gasteiger partial charge in [-0.15, -0.1) is 0 Å². The van der Waals surface area contributed by atoms with E-state index in [1.807, 2.05) is 24.3 Å². The topological polar surface area (TPSA) is 130 Å². The van der Waals surface area contributed by atoms with Crippen molar-refractivity contribution >= 4 is 44.9 Å². The molecule has 1 fully saturated rings. The Morgan fingerprint density at radius 3 is 2.53 bits per heavy atom. The number of benzene rings is 3. The smallest absolute Gasteiger partial charge is 0.255 e. The summed E-state index contributed by atoms with van der Waals surface area (Å²) in [5.41, 5.74) is 0.533. The number of hydrogen-bond donors (Lipinski definition) is 4. The van der Waals surface area contributed by atoms with Crippen molar-refractivity contribution in [3.05, 3.63) is 101 Å². The van der Waals surface area contributed by atoms with Gasteiger partial charge < -0.3 is 10.0 Å². The summed E-state index contributed by atoms with van der Waals surface area (Å²) >= 11 is 6.29. The predicted octanol–water partition coefficient (Wildman–Crippen LogP) is 6.02. The van der Waals surface area contributed by atoms with Crippen LogP contribution in [0.15, 0.2) is 83.9 Å². The molecule has 1 aliphatic heterocycles. The molecule has 0 spiro atoms. The summed E-state index contributed by atoms with van der Waals surface area (Å²) in [6.07, 6.45) is 2.19. The number of carbonyl (C=O) groups is 1. The minimum atomic E-state index is -3.52. The highest BCUT2D eigenvalue weighted by molar-refractivity contribution is 8.25. The fraction of sp³-hybridized carbons (Fsp3) is 0.179. The highest BCUT2D eigenvalue weighted by atomic mass is 35.5. The molecule has 0 unspecified atom stereocenters. The van der Waals surface area contributed by atoms with Crippen molar-refractivity contribution in [2.24, 2.45) is 0 Å². The summed E-state index contributed by atoms with van der Waals surface area (Å²) in [6, 6.07) is 22.3. The van der Waals surface area contributed by atoms with Crippen LogP contribution in [0.4, 0.5) is 5.69 Å². The van der Waals surface area contributed by atoms with Gasteiger partial charge in [0.1, 0.15) is 11.0 Å². The molecule has 2 heterocycles. The molecule has 0 radical (unpaired) electrons. The average molecular weight is 549 g/mol. The predicted molar refractivity (Wildman–Crippen MR) is 148 cm³/mol. The van der Waals surface area contributed by atoms with Gasteiger partial charge in [-0.25, -0.2) is 0 Å². The minimum Gasteiger partial charge on any atom is -0.385 e. The molecule has 0 saturated carbocycles. The third kappa shape index (κ3) is 4.92. The number of aliphatic hydroxyl groups is 1. The number of para-hydroxylation sites is 1. The molecule has 1 aliphatic rings. The molecule has 38 heavy (non-hydrogen) atoms. The zero-order chi connectivity index (χ0) is 26.9. The van der Waals surface area contributed by atoms with Gasteiger partial charge >= 0.3 is 0 Å². The van der Waals surface area contributed by atoms with E-state index in [1.165, 1.54) is 18.2 Å². The Balaban J connectivity index is 1.34. The molecule has 0 atom stereocenters. The van der Waals surface area contributed by atoms with Crippen LogP contribution in [0.2, 0.25) is 5.02 Å². The van der Waals surface area contributed by atoms with E-state index in [0.717, 1.165) is 5.39 Å². The van der Waals surface area contributed by atoms with Gasteiger partial charge in [0.05, 0.1) is 27.9 Å². The standard InChI is InChI=1S/C28H25ClN4O4S/c29-24-8-2-1-7-23(24)28(35)12-15-33(16-13-28)27(34)22-11-10-21(17-20(22)18-30)32-38(36,37)25-9-3-5-19-6-4-14-31-26(19)25/h1-11,14,17,32,35-37H,12-13,15-16H2. The number of carbonyl (C=O) groups excluding carboxylic acids is 1. The van der Waals surface area contributed by atoms with Gasteiger partial charge in [-0.1, -0.05) is 58.8 Å². The summed E-state index contributed by atoms with van der Waals surface area (Å²) < 4.78 is 24.6. The number of hydrogen-bond acceptors (Lipinski definition) is 7. The summed E-state index contributed by atoms with van der Waals surface area (Å²) in [5, 5.41) is 22.2. The largest absolute Gasteiger partial charge is 0.385 e. The van der Waals surface area contributed by atoms with Crippen LogP contribution in [0, 0.1) is 11.3 Å². The van der Waals surface area contributed by atoms with Crippen LogP contribution in [0.5, 0.6) is 0 Å². The molecule has 4 N–H and O–H groups in total. The van der Waals surface area contributed by atoms with E-state index in [-0.39, 0.29) is 27.6 Å². The highest BCUT2D eigenvalue weighted by Crippen LogP contribution is 2.50. The Morgan fingerprint density at radius 2 is 1.79 bits per heavy atom. The first kappa shape index (κ1) is 26.0. The molecule has 194 valence electrons. The van der Waals surface area contributed by atoms with E-state index in [0.29, 0.717) is 42.0 Å². The van der Waals surface area contributed by atoms with E-state index in [1.54, 1.807) is 47.5 Å². The van der Waals surface area contributed by atoms with E-state index < -0.39 is 16.4 Å². The van der Waals surface area contributed by atoms with Gasteiger partial charge in [-0.2, -0.15) is 5.26 Å². The monoisotopic (exact) mass is 548 g/mol. The van der Waals surface area contributed by atoms with Crippen LogP contribution in [0.25, 0.3) is 10.9 Å². The molecular formula is C28H25ClN4O4S. The zero-order valence-electron chi connectivity index (χ0n) is 20.2. The number of nitrogens with zero attached hydrogens (tertiary/aromatic N) is 3. The third-order valence-electron chi connectivity index (χ3n) is 6.79. The second-order valence-electron chi connectivity index (χ2n) is 9.16. The van der Waals surface area contributed by atoms with Crippen molar-refractivity contribution < 1.29 is 19.0 Å². The van der Waals surface area contributed by atoms with Crippen molar-refractivity contribution in [1.29, 1.82) is 5.26 Å². The Kier molecular flexibility index (Phi) is 7.01. The van der Waals surface area contributed by atoms with Crippen molar-refractivity contribution in [3.8, 4) is 6.07 Å². The lowest BCUT2D eigenvalue weighted by Gasteiger charge is -2.39. The number of halogens is 1. The normalized spacial score (nSPS) is 15.6. The van der Waals surface area contributed by atoms with Crippen LogP contribution in [-0.2, 0) is 5.60 Å². The molecule has 3 aromatic carbocycles. The number of rotatable bonds is 5. The van der Waals surface area contributed by atoms with Crippen molar-refractivity contribution in [1.82, 2.24) is 9.88 Å². The molecule has 0 aliphatic carbocycles. The lowest BCUT2D eigenvalue weighted by molar-refractivity contribution is -0.0210. The van der Waals surface area contributed by atoms with Crippen molar-refractivity contribution in [2.45, 2.75) is 23.3 Å². The number of anilines is 1. The zero-order valence-corrected chi connectivity index (χ0v) is 21.8. The molecule has 4 aromatic rings. The molecule has 8 nitrogen and oxygen atoms in total.